The first-order chi connectivity index (χ1) is 14.7. The molecule has 152 valence electrons. The third-order valence-electron chi connectivity index (χ3n) is 4.42. The number of hydrogen-bond donors (Lipinski definition) is 1. The third-order valence-corrected chi connectivity index (χ3v) is 6.58. The number of nitrogens with zero attached hydrogens (tertiary/aromatic N) is 3. The normalized spacial score (nSPS) is 10.8. The smallest absolute Gasteiger partial charge is 0.226 e. The van der Waals surface area contributed by atoms with Crippen LogP contribution in [-0.2, 0) is 17.6 Å². The van der Waals surface area contributed by atoms with Gasteiger partial charge in [-0.25, -0.2) is 9.97 Å². The summed E-state index contributed by atoms with van der Waals surface area (Å²) in [5.74, 6) is -0.0254. The topological polar surface area (TPSA) is 67.8 Å². The number of carbonyl (C=O) groups is 1. The van der Waals surface area contributed by atoms with Gasteiger partial charge in [0.1, 0.15) is 5.01 Å². The Bertz CT molecular complexity index is 1130. The van der Waals surface area contributed by atoms with Crippen LogP contribution in [0.1, 0.15) is 17.1 Å². The summed E-state index contributed by atoms with van der Waals surface area (Å²) >= 11 is 9.37. The minimum absolute atomic E-state index is 0.0254. The molecule has 0 saturated carbocycles. The molecule has 0 saturated heterocycles. The van der Waals surface area contributed by atoms with Crippen LogP contribution in [0.2, 0.25) is 5.02 Å². The molecule has 3 heterocycles. The summed E-state index contributed by atoms with van der Waals surface area (Å²) in [7, 11) is 0. The number of thiazole rings is 2. The molecule has 0 radical (unpaired) electrons. The van der Waals surface area contributed by atoms with E-state index in [1.165, 1.54) is 11.3 Å². The predicted octanol–water partition coefficient (Wildman–Crippen LogP) is 5.27. The molecule has 0 unspecified atom stereocenters. The van der Waals surface area contributed by atoms with Gasteiger partial charge in [-0.3, -0.25) is 9.78 Å². The fourth-order valence-electron chi connectivity index (χ4n) is 2.92. The number of aromatic nitrogens is 3. The molecule has 0 spiro atoms. The summed E-state index contributed by atoms with van der Waals surface area (Å²) in [6, 6.07) is 11.5. The largest absolute Gasteiger partial charge is 0.356 e. The van der Waals surface area contributed by atoms with Crippen molar-refractivity contribution in [3.8, 4) is 21.8 Å². The Labute approximate surface area is 187 Å². The van der Waals surface area contributed by atoms with Crippen LogP contribution in [0.15, 0.2) is 59.6 Å². The van der Waals surface area contributed by atoms with Crippen molar-refractivity contribution >= 4 is 40.2 Å². The highest BCUT2D eigenvalue weighted by Crippen LogP contribution is 2.30. The summed E-state index contributed by atoms with van der Waals surface area (Å²) in [6.07, 6.45) is 5.48. The number of halogens is 1. The van der Waals surface area contributed by atoms with Gasteiger partial charge >= 0.3 is 0 Å². The summed E-state index contributed by atoms with van der Waals surface area (Å²) in [6.45, 7) is 0.616. The summed E-state index contributed by atoms with van der Waals surface area (Å²) < 4.78 is 0. The van der Waals surface area contributed by atoms with Crippen LogP contribution in [0.25, 0.3) is 21.8 Å². The van der Waals surface area contributed by atoms with E-state index in [4.69, 9.17) is 11.6 Å². The number of hydrogen-bond acceptors (Lipinski definition) is 6. The molecule has 8 heteroatoms. The molecule has 3 aromatic heterocycles. The number of aryl methyl sites for hydroxylation is 1. The van der Waals surface area contributed by atoms with E-state index < -0.39 is 0 Å². The van der Waals surface area contributed by atoms with E-state index in [0.717, 1.165) is 45.4 Å². The first kappa shape index (κ1) is 20.7. The van der Waals surface area contributed by atoms with Crippen LogP contribution in [0.4, 0.5) is 0 Å². The molecule has 1 amide bonds. The molecule has 0 aliphatic carbocycles. The summed E-state index contributed by atoms with van der Waals surface area (Å²) in [4.78, 5) is 25.5. The van der Waals surface area contributed by atoms with Crippen LogP contribution in [0.3, 0.4) is 0 Å². The first-order valence-electron chi connectivity index (χ1n) is 9.50. The van der Waals surface area contributed by atoms with E-state index in [9.17, 15) is 4.79 Å². The number of rotatable bonds is 8. The third kappa shape index (κ3) is 5.30. The molecule has 1 N–H and O–H groups in total. The molecule has 5 nitrogen and oxygen atoms in total. The Kier molecular flexibility index (Phi) is 6.84. The molecule has 30 heavy (non-hydrogen) atoms. The molecule has 4 aromatic rings. The van der Waals surface area contributed by atoms with E-state index >= 15 is 0 Å². The van der Waals surface area contributed by atoms with Gasteiger partial charge in [0.05, 0.1) is 27.8 Å². The number of amides is 1. The van der Waals surface area contributed by atoms with Crippen molar-refractivity contribution in [3.63, 3.8) is 0 Å². The van der Waals surface area contributed by atoms with Crippen molar-refractivity contribution in [1.29, 1.82) is 0 Å². The van der Waals surface area contributed by atoms with Gasteiger partial charge in [0.25, 0.3) is 0 Å². The number of carbonyl (C=O) groups excluding carboxylic acids is 1. The lowest BCUT2D eigenvalue weighted by molar-refractivity contribution is -0.120. The van der Waals surface area contributed by atoms with Crippen LogP contribution in [-0.4, -0.2) is 27.4 Å². The van der Waals surface area contributed by atoms with Crippen LogP contribution in [0.5, 0.6) is 0 Å². The Hall–Kier alpha value is -2.61. The van der Waals surface area contributed by atoms with Gasteiger partial charge in [0, 0.05) is 47.2 Å². The Balaban J connectivity index is 1.22. The Morgan fingerprint density at radius 2 is 1.87 bits per heavy atom. The van der Waals surface area contributed by atoms with Crippen molar-refractivity contribution in [2.24, 2.45) is 0 Å². The lowest BCUT2D eigenvalue weighted by atomic mass is 10.2. The van der Waals surface area contributed by atoms with Gasteiger partial charge in [-0.2, -0.15) is 0 Å². The highest BCUT2D eigenvalue weighted by Gasteiger charge is 2.11. The maximum absolute atomic E-state index is 12.2. The number of pyridine rings is 1. The first-order valence-corrected chi connectivity index (χ1v) is 11.6. The quantitative estimate of drug-likeness (QED) is 0.368. The monoisotopic (exact) mass is 454 g/mol. The molecule has 0 atom stereocenters. The molecule has 0 aliphatic heterocycles. The average Bonchev–Trinajstić information content (AvgIpc) is 3.42. The predicted molar refractivity (Wildman–Crippen MR) is 123 cm³/mol. The molecule has 1 aromatic carbocycles. The van der Waals surface area contributed by atoms with Crippen molar-refractivity contribution in [1.82, 2.24) is 20.3 Å². The number of nitrogens with one attached hydrogen (secondary N) is 1. The Morgan fingerprint density at radius 3 is 2.70 bits per heavy atom. The zero-order valence-corrected chi connectivity index (χ0v) is 18.4. The van der Waals surface area contributed by atoms with Crippen molar-refractivity contribution in [3.05, 3.63) is 75.3 Å². The molecule has 0 bridgehead atoms. The van der Waals surface area contributed by atoms with Crippen LogP contribution < -0.4 is 5.32 Å². The van der Waals surface area contributed by atoms with Crippen LogP contribution in [0, 0.1) is 0 Å². The van der Waals surface area contributed by atoms with Crippen molar-refractivity contribution < 1.29 is 4.79 Å². The van der Waals surface area contributed by atoms with Crippen molar-refractivity contribution in [2.45, 2.75) is 19.3 Å². The van der Waals surface area contributed by atoms with Gasteiger partial charge in [-0.05, 0) is 24.6 Å². The average molecular weight is 455 g/mol. The second kappa shape index (κ2) is 9.93. The maximum atomic E-state index is 12.2. The van der Waals surface area contributed by atoms with E-state index in [1.807, 2.05) is 41.8 Å². The molecule has 0 fully saturated rings. The SMILES string of the molecule is O=C(Cc1csc(-c2ccccc2Cl)n1)NCCCc1nc(-c2ccncc2)cs1. The van der Waals surface area contributed by atoms with Gasteiger partial charge in [0.2, 0.25) is 5.91 Å². The minimum Gasteiger partial charge on any atom is -0.356 e. The van der Waals surface area contributed by atoms with Gasteiger partial charge < -0.3 is 5.32 Å². The summed E-state index contributed by atoms with van der Waals surface area (Å²) in [5, 5.41) is 9.50. The maximum Gasteiger partial charge on any atom is 0.226 e. The highest BCUT2D eigenvalue weighted by molar-refractivity contribution is 7.13. The van der Waals surface area contributed by atoms with E-state index in [2.05, 4.69) is 25.6 Å². The second-order valence-corrected chi connectivity index (χ2v) is 8.82. The fraction of sp³-hybridized carbons (Fsp3) is 0.182. The van der Waals surface area contributed by atoms with E-state index in [-0.39, 0.29) is 12.3 Å². The minimum atomic E-state index is -0.0254. The van der Waals surface area contributed by atoms with Gasteiger partial charge in [-0.1, -0.05) is 29.8 Å². The lowest BCUT2D eigenvalue weighted by Gasteiger charge is -2.03. The molecule has 0 aliphatic rings. The van der Waals surface area contributed by atoms with E-state index in [1.54, 1.807) is 23.7 Å². The molecular formula is C22H19ClN4OS2. The standard InChI is InChI=1S/C22H19ClN4OS2/c23-18-5-2-1-4-17(18)22-26-16(13-30-22)12-20(28)25-9-3-6-21-27-19(14-29-21)15-7-10-24-11-8-15/h1-2,4-5,7-8,10-11,13-14H,3,6,9,12H2,(H,25,28). The van der Waals surface area contributed by atoms with Gasteiger partial charge in [0.15, 0.2) is 0 Å². The van der Waals surface area contributed by atoms with Crippen LogP contribution >= 0.6 is 34.3 Å². The number of benzene rings is 1. The zero-order valence-electron chi connectivity index (χ0n) is 16.0. The fourth-order valence-corrected chi connectivity index (χ4v) is 4.91. The highest BCUT2D eigenvalue weighted by atomic mass is 35.5. The molecular weight excluding hydrogens is 436 g/mol. The van der Waals surface area contributed by atoms with E-state index in [0.29, 0.717) is 11.6 Å². The second-order valence-electron chi connectivity index (χ2n) is 6.62. The molecule has 4 rings (SSSR count). The van der Waals surface area contributed by atoms with Crippen molar-refractivity contribution in [2.75, 3.05) is 6.54 Å². The summed E-state index contributed by atoms with van der Waals surface area (Å²) in [5.41, 5.74) is 3.69. The zero-order chi connectivity index (χ0) is 20.8. The Morgan fingerprint density at radius 1 is 1.03 bits per heavy atom. The lowest BCUT2D eigenvalue weighted by Crippen LogP contribution is -2.26. The van der Waals surface area contributed by atoms with Gasteiger partial charge in [-0.15, -0.1) is 22.7 Å².